The minimum Gasteiger partial charge on any atom is -0.501 e. The van der Waals surface area contributed by atoms with Crippen molar-refractivity contribution in [2.45, 2.75) is 19.4 Å². The van der Waals surface area contributed by atoms with E-state index in [4.69, 9.17) is 9.47 Å². The molecule has 0 bridgehead atoms. The Morgan fingerprint density at radius 3 is 2.93 bits per heavy atom. The summed E-state index contributed by atoms with van der Waals surface area (Å²) in [5.41, 5.74) is -0.446. The Kier molecular flexibility index (Phi) is 2.54. The molecule has 0 amide bonds. The van der Waals surface area contributed by atoms with Crippen LogP contribution in [0.5, 0.6) is 0 Å². The number of fused-ring (bicyclic) bond motifs is 1. The number of nitrogens with zero attached hydrogens (tertiary/aromatic N) is 1. The molecule has 0 radical (unpaired) electrons. The maximum absolute atomic E-state index is 9.28. The molecule has 0 saturated carbocycles. The number of ether oxygens (including phenoxy) is 2. The Morgan fingerprint density at radius 2 is 2.47 bits per heavy atom. The highest BCUT2D eigenvalue weighted by Crippen LogP contribution is 2.49. The Labute approximate surface area is 90.0 Å². The number of methoxy groups -OCH3 is 1. The average molecular weight is 205 g/mol. The molecule has 0 aromatic heterocycles. The molecule has 80 valence electrons. The molecule has 0 aromatic carbocycles. The maximum Gasteiger partial charge on any atom is 0.112 e. The molecule has 2 aliphatic rings. The van der Waals surface area contributed by atoms with Crippen molar-refractivity contribution in [3.8, 4) is 6.07 Å². The van der Waals surface area contributed by atoms with Gasteiger partial charge in [0.2, 0.25) is 0 Å². The molecule has 0 aromatic rings. The standard InChI is InChI=1S/C12H15NO2/c1-3-15-11-7-10(14-2)6-9-4-5-12(9,11)8-13/h4-6,9,11H,3,7H2,1-2H3. The van der Waals surface area contributed by atoms with E-state index in [1.165, 1.54) is 0 Å². The lowest BCUT2D eigenvalue weighted by Crippen LogP contribution is -2.47. The van der Waals surface area contributed by atoms with Crippen LogP contribution in [0, 0.1) is 22.7 Å². The third kappa shape index (κ3) is 1.37. The average Bonchev–Trinajstić information content (AvgIpc) is 2.22. The fourth-order valence-electron chi connectivity index (χ4n) is 2.28. The van der Waals surface area contributed by atoms with Crippen LogP contribution in [0.25, 0.3) is 0 Å². The number of hydrogen-bond acceptors (Lipinski definition) is 3. The van der Waals surface area contributed by atoms with Gasteiger partial charge >= 0.3 is 0 Å². The molecule has 0 N–H and O–H groups in total. The van der Waals surface area contributed by atoms with E-state index in [9.17, 15) is 5.26 Å². The first kappa shape index (κ1) is 10.3. The fraction of sp³-hybridized carbons (Fsp3) is 0.583. The summed E-state index contributed by atoms with van der Waals surface area (Å²) in [5.74, 6) is 1.08. The van der Waals surface area contributed by atoms with Gasteiger partial charge in [-0.2, -0.15) is 5.26 Å². The van der Waals surface area contributed by atoms with Gasteiger partial charge < -0.3 is 9.47 Å². The number of hydrogen-bond donors (Lipinski definition) is 0. The third-order valence-corrected chi connectivity index (χ3v) is 3.24. The molecule has 3 unspecified atom stereocenters. The first-order valence-electron chi connectivity index (χ1n) is 5.23. The van der Waals surface area contributed by atoms with Crippen LogP contribution in [0.15, 0.2) is 24.0 Å². The number of rotatable bonds is 3. The lowest BCUT2D eigenvalue weighted by atomic mass is 9.61. The molecule has 0 heterocycles. The lowest BCUT2D eigenvalue weighted by Gasteiger charge is -2.45. The molecule has 0 aliphatic heterocycles. The second-order valence-electron chi connectivity index (χ2n) is 3.91. The Balaban J connectivity index is 2.28. The van der Waals surface area contributed by atoms with Gasteiger partial charge in [-0.3, -0.25) is 0 Å². The van der Waals surface area contributed by atoms with Gasteiger partial charge in [0.1, 0.15) is 5.41 Å². The fourth-order valence-corrected chi connectivity index (χ4v) is 2.28. The van der Waals surface area contributed by atoms with E-state index < -0.39 is 5.41 Å². The van der Waals surface area contributed by atoms with Gasteiger partial charge in [0, 0.05) is 18.9 Å². The van der Waals surface area contributed by atoms with Crippen molar-refractivity contribution in [1.82, 2.24) is 0 Å². The molecule has 0 saturated heterocycles. The highest BCUT2D eigenvalue weighted by Gasteiger charge is 2.51. The molecule has 0 spiro atoms. The highest BCUT2D eigenvalue weighted by atomic mass is 16.5. The molecular formula is C12H15NO2. The first-order valence-corrected chi connectivity index (χ1v) is 5.23. The second kappa shape index (κ2) is 3.71. The molecule has 2 aliphatic carbocycles. The largest absolute Gasteiger partial charge is 0.501 e. The van der Waals surface area contributed by atoms with Crippen molar-refractivity contribution in [1.29, 1.82) is 5.26 Å². The first-order chi connectivity index (χ1) is 7.26. The summed E-state index contributed by atoms with van der Waals surface area (Å²) in [5, 5.41) is 9.28. The zero-order valence-electron chi connectivity index (χ0n) is 9.06. The van der Waals surface area contributed by atoms with Crippen LogP contribution in [-0.2, 0) is 9.47 Å². The zero-order valence-corrected chi connectivity index (χ0v) is 9.06. The SMILES string of the molecule is CCOC1CC(OC)=CC2C=CC21C#N. The number of nitriles is 1. The van der Waals surface area contributed by atoms with E-state index in [-0.39, 0.29) is 12.0 Å². The second-order valence-corrected chi connectivity index (χ2v) is 3.91. The van der Waals surface area contributed by atoms with E-state index in [0.29, 0.717) is 13.0 Å². The van der Waals surface area contributed by atoms with Crippen LogP contribution in [0.3, 0.4) is 0 Å². The van der Waals surface area contributed by atoms with Gasteiger partial charge in [0.25, 0.3) is 0 Å². The van der Waals surface area contributed by atoms with Crippen molar-refractivity contribution in [3.05, 3.63) is 24.0 Å². The predicted molar refractivity (Wildman–Crippen MR) is 55.8 cm³/mol. The molecule has 3 nitrogen and oxygen atoms in total. The van der Waals surface area contributed by atoms with Crippen molar-refractivity contribution in [2.24, 2.45) is 11.3 Å². The number of allylic oxidation sites excluding steroid dienone is 2. The lowest BCUT2D eigenvalue weighted by molar-refractivity contribution is -0.0239. The van der Waals surface area contributed by atoms with Crippen LogP contribution >= 0.6 is 0 Å². The van der Waals surface area contributed by atoms with E-state index in [2.05, 4.69) is 6.07 Å². The summed E-state index contributed by atoms with van der Waals surface area (Å²) in [6.07, 6.45) is 6.65. The molecule has 0 fully saturated rings. The molecule has 15 heavy (non-hydrogen) atoms. The van der Waals surface area contributed by atoms with Crippen LogP contribution < -0.4 is 0 Å². The molecule has 3 atom stereocenters. The van der Waals surface area contributed by atoms with Gasteiger partial charge in [0.05, 0.1) is 25.0 Å². The smallest absolute Gasteiger partial charge is 0.112 e. The van der Waals surface area contributed by atoms with Crippen LogP contribution in [0.2, 0.25) is 0 Å². The molecule has 3 heteroatoms. The van der Waals surface area contributed by atoms with E-state index in [0.717, 1.165) is 5.76 Å². The summed E-state index contributed by atoms with van der Waals surface area (Å²) in [4.78, 5) is 0. The van der Waals surface area contributed by atoms with Gasteiger partial charge in [0.15, 0.2) is 0 Å². The normalized spacial score (nSPS) is 37.3. The summed E-state index contributed by atoms with van der Waals surface area (Å²) >= 11 is 0. The Hall–Kier alpha value is -1.27. The highest BCUT2D eigenvalue weighted by molar-refractivity contribution is 5.38. The summed E-state index contributed by atoms with van der Waals surface area (Å²) in [6, 6.07) is 2.38. The van der Waals surface area contributed by atoms with Crippen molar-refractivity contribution < 1.29 is 9.47 Å². The van der Waals surface area contributed by atoms with E-state index in [1.54, 1.807) is 7.11 Å². The van der Waals surface area contributed by atoms with Gasteiger partial charge in [-0.25, -0.2) is 0 Å². The van der Waals surface area contributed by atoms with Gasteiger partial charge in [-0.1, -0.05) is 12.2 Å². The molecule has 2 rings (SSSR count). The van der Waals surface area contributed by atoms with Crippen LogP contribution in [-0.4, -0.2) is 19.8 Å². The van der Waals surface area contributed by atoms with E-state index >= 15 is 0 Å². The van der Waals surface area contributed by atoms with Crippen molar-refractivity contribution in [2.75, 3.05) is 13.7 Å². The Morgan fingerprint density at radius 1 is 1.67 bits per heavy atom. The topological polar surface area (TPSA) is 42.2 Å². The summed E-state index contributed by atoms with van der Waals surface area (Å²) in [7, 11) is 1.66. The minimum atomic E-state index is -0.446. The van der Waals surface area contributed by atoms with Crippen molar-refractivity contribution in [3.63, 3.8) is 0 Å². The third-order valence-electron chi connectivity index (χ3n) is 3.24. The quantitative estimate of drug-likeness (QED) is 0.662. The van der Waals surface area contributed by atoms with E-state index in [1.807, 2.05) is 25.2 Å². The molecular weight excluding hydrogens is 190 g/mol. The van der Waals surface area contributed by atoms with Crippen LogP contribution in [0.4, 0.5) is 0 Å². The minimum absolute atomic E-state index is 0.0672. The zero-order chi connectivity index (χ0) is 10.9. The van der Waals surface area contributed by atoms with Crippen LogP contribution in [0.1, 0.15) is 13.3 Å². The van der Waals surface area contributed by atoms with Gasteiger partial charge in [-0.05, 0) is 13.0 Å². The van der Waals surface area contributed by atoms with Crippen molar-refractivity contribution >= 4 is 0 Å². The predicted octanol–water partition coefficient (Wildman–Crippen LogP) is 2.02. The Bertz CT molecular complexity index is 353. The summed E-state index contributed by atoms with van der Waals surface area (Å²) < 4.78 is 10.9. The summed E-state index contributed by atoms with van der Waals surface area (Å²) in [6.45, 7) is 2.58. The van der Waals surface area contributed by atoms with Gasteiger partial charge in [-0.15, -0.1) is 0 Å². The monoisotopic (exact) mass is 205 g/mol. The maximum atomic E-state index is 9.28.